The number of rotatable bonds is 5. The fourth-order valence-electron chi connectivity index (χ4n) is 2.39. The molecule has 0 unspecified atom stereocenters. The standard InChI is InChI=1S/C19H21ClO3/c1-19(2,3)14-9-5-7-11-16(14)23-17(18(21)22)12-13-8-4-6-10-15(13)20/h4-11,17H,12H2,1-3H3,(H,21,22)/t17-/m0/s1. The number of carboxylic acids is 1. The van der Waals surface area contributed by atoms with Crippen LogP contribution in [0.5, 0.6) is 5.75 Å². The molecule has 2 aromatic carbocycles. The average Bonchev–Trinajstić information content (AvgIpc) is 2.48. The molecule has 0 radical (unpaired) electrons. The van der Waals surface area contributed by atoms with Crippen molar-refractivity contribution in [2.45, 2.75) is 38.7 Å². The average molecular weight is 333 g/mol. The molecule has 0 fully saturated rings. The topological polar surface area (TPSA) is 46.5 Å². The van der Waals surface area contributed by atoms with Crippen molar-refractivity contribution in [1.82, 2.24) is 0 Å². The molecule has 0 saturated heterocycles. The number of para-hydroxylation sites is 1. The summed E-state index contributed by atoms with van der Waals surface area (Å²) in [5.74, 6) is -0.409. The van der Waals surface area contributed by atoms with Crippen LogP contribution in [-0.4, -0.2) is 17.2 Å². The summed E-state index contributed by atoms with van der Waals surface area (Å²) in [5.41, 5.74) is 1.60. The van der Waals surface area contributed by atoms with Gasteiger partial charge >= 0.3 is 5.97 Å². The SMILES string of the molecule is CC(C)(C)c1ccccc1O[C@@H](Cc1ccccc1Cl)C(=O)O. The fourth-order valence-corrected chi connectivity index (χ4v) is 2.60. The first-order valence-electron chi connectivity index (χ1n) is 7.51. The van der Waals surface area contributed by atoms with Crippen LogP contribution in [0.3, 0.4) is 0 Å². The van der Waals surface area contributed by atoms with Crippen molar-refractivity contribution >= 4 is 17.6 Å². The maximum atomic E-state index is 11.6. The number of benzene rings is 2. The Kier molecular flexibility index (Phi) is 5.32. The van der Waals surface area contributed by atoms with Crippen LogP contribution in [0.1, 0.15) is 31.9 Å². The Morgan fingerprint density at radius 2 is 1.74 bits per heavy atom. The highest BCUT2D eigenvalue weighted by Gasteiger charge is 2.25. The van der Waals surface area contributed by atoms with Gasteiger partial charge in [0.25, 0.3) is 0 Å². The second-order valence-electron chi connectivity index (χ2n) is 6.49. The largest absolute Gasteiger partial charge is 0.478 e. The quantitative estimate of drug-likeness (QED) is 0.862. The molecule has 0 aliphatic heterocycles. The van der Waals surface area contributed by atoms with Crippen molar-refractivity contribution in [3.8, 4) is 5.75 Å². The summed E-state index contributed by atoms with van der Waals surface area (Å²) < 4.78 is 5.83. The molecule has 1 N–H and O–H groups in total. The van der Waals surface area contributed by atoms with E-state index in [1.165, 1.54) is 0 Å². The molecule has 2 rings (SSSR count). The van der Waals surface area contributed by atoms with Gasteiger partial charge in [0.2, 0.25) is 0 Å². The Morgan fingerprint density at radius 1 is 1.13 bits per heavy atom. The number of ether oxygens (including phenoxy) is 1. The number of carboxylic acid groups (broad SMARTS) is 1. The van der Waals surface area contributed by atoms with E-state index in [1.54, 1.807) is 6.07 Å². The molecule has 4 heteroatoms. The summed E-state index contributed by atoms with van der Waals surface area (Å²) >= 11 is 6.13. The van der Waals surface area contributed by atoms with Crippen LogP contribution in [0.2, 0.25) is 5.02 Å². The van der Waals surface area contributed by atoms with Gasteiger partial charge < -0.3 is 9.84 Å². The molecule has 0 aliphatic carbocycles. The van der Waals surface area contributed by atoms with Crippen LogP contribution < -0.4 is 4.74 Å². The van der Waals surface area contributed by atoms with E-state index in [-0.39, 0.29) is 11.8 Å². The number of carbonyl (C=O) groups is 1. The Balaban J connectivity index is 2.28. The van der Waals surface area contributed by atoms with E-state index in [1.807, 2.05) is 42.5 Å². The van der Waals surface area contributed by atoms with Crippen molar-refractivity contribution < 1.29 is 14.6 Å². The van der Waals surface area contributed by atoms with E-state index in [9.17, 15) is 9.90 Å². The highest BCUT2D eigenvalue weighted by molar-refractivity contribution is 6.31. The smallest absolute Gasteiger partial charge is 0.345 e. The van der Waals surface area contributed by atoms with E-state index in [0.29, 0.717) is 10.8 Å². The van der Waals surface area contributed by atoms with Gasteiger partial charge in [-0.1, -0.05) is 68.8 Å². The molecule has 0 aliphatic rings. The molecule has 3 nitrogen and oxygen atoms in total. The van der Waals surface area contributed by atoms with E-state index in [0.717, 1.165) is 11.1 Å². The summed E-state index contributed by atoms with van der Waals surface area (Å²) in [7, 11) is 0. The third-order valence-electron chi connectivity index (χ3n) is 3.60. The highest BCUT2D eigenvalue weighted by Crippen LogP contribution is 2.32. The third kappa shape index (κ3) is 4.49. The van der Waals surface area contributed by atoms with Crippen molar-refractivity contribution in [1.29, 1.82) is 0 Å². The van der Waals surface area contributed by atoms with Gasteiger partial charge in [-0.3, -0.25) is 0 Å². The predicted octanol–water partition coefficient (Wildman–Crippen LogP) is 4.71. The maximum absolute atomic E-state index is 11.6. The summed E-state index contributed by atoms with van der Waals surface area (Å²) in [5, 5.41) is 10.1. The summed E-state index contributed by atoms with van der Waals surface area (Å²) in [6, 6.07) is 14.8. The number of aliphatic carboxylic acids is 1. The van der Waals surface area contributed by atoms with E-state index in [2.05, 4.69) is 20.8 Å². The molecular weight excluding hydrogens is 312 g/mol. The molecular formula is C19H21ClO3. The molecule has 0 saturated carbocycles. The lowest BCUT2D eigenvalue weighted by atomic mass is 9.86. The minimum Gasteiger partial charge on any atom is -0.478 e. The lowest BCUT2D eigenvalue weighted by molar-refractivity contribution is -0.145. The van der Waals surface area contributed by atoms with Crippen molar-refractivity contribution in [2.24, 2.45) is 0 Å². The maximum Gasteiger partial charge on any atom is 0.345 e. The van der Waals surface area contributed by atoms with E-state index < -0.39 is 12.1 Å². The first-order valence-corrected chi connectivity index (χ1v) is 7.89. The van der Waals surface area contributed by atoms with Gasteiger partial charge in [0, 0.05) is 11.4 Å². The van der Waals surface area contributed by atoms with Crippen molar-refractivity contribution in [3.63, 3.8) is 0 Å². The molecule has 23 heavy (non-hydrogen) atoms. The number of hydrogen-bond acceptors (Lipinski definition) is 2. The molecule has 0 heterocycles. The summed E-state index contributed by atoms with van der Waals surface area (Å²) in [4.78, 5) is 11.6. The van der Waals surface area contributed by atoms with Gasteiger partial charge in [-0.15, -0.1) is 0 Å². The first-order chi connectivity index (χ1) is 10.8. The number of halogens is 1. The third-order valence-corrected chi connectivity index (χ3v) is 3.97. The van der Waals surface area contributed by atoms with Crippen LogP contribution in [0.15, 0.2) is 48.5 Å². The fraction of sp³-hybridized carbons (Fsp3) is 0.316. The van der Waals surface area contributed by atoms with Crippen molar-refractivity contribution in [2.75, 3.05) is 0 Å². The molecule has 2 aromatic rings. The minimum absolute atomic E-state index is 0.135. The molecule has 0 amide bonds. The predicted molar refractivity (Wildman–Crippen MR) is 92.3 cm³/mol. The lowest BCUT2D eigenvalue weighted by Crippen LogP contribution is -2.30. The van der Waals surface area contributed by atoms with Crippen LogP contribution in [-0.2, 0) is 16.6 Å². The molecule has 0 aromatic heterocycles. The van der Waals surface area contributed by atoms with E-state index >= 15 is 0 Å². The molecule has 0 spiro atoms. The Hall–Kier alpha value is -2.00. The van der Waals surface area contributed by atoms with Crippen LogP contribution >= 0.6 is 11.6 Å². The summed E-state index contributed by atoms with van der Waals surface area (Å²) in [6.07, 6.45) is -0.772. The zero-order valence-corrected chi connectivity index (χ0v) is 14.3. The molecule has 1 atom stereocenters. The minimum atomic E-state index is -1.01. The Morgan fingerprint density at radius 3 is 2.35 bits per heavy atom. The van der Waals surface area contributed by atoms with Crippen LogP contribution in [0.25, 0.3) is 0 Å². The van der Waals surface area contributed by atoms with Gasteiger partial charge in [-0.25, -0.2) is 4.79 Å². The molecule has 0 bridgehead atoms. The normalized spacial score (nSPS) is 12.7. The first kappa shape index (κ1) is 17.4. The second-order valence-corrected chi connectivity index (χ2v) is 6.89. The zero-order valence-electron chi connectivity index (χ0n) is 13.5. The van der Waals surface area contributed by atoms with Gasteiger partial charge in [-0.2, -0.15) is 0 Å². The lowest BCUT2D eigenvalue weighted by Gasteiger charge is -2.25. The van der Waals surface area contributed by atoms with Crippen LogP contribution in [0, 0.1) is 0 Å². The van der Waals surface area contributed by atoms with Crippen LogP contribution in [0.4, 0.5) is 0 Å². The zero-order chi connectivity index (χ0) is 17.0. The monoisotopic (exact) mass is 332 g/mol. The van der Waals surface area contributed by atoms with Crippen molar-refractivity contribution in [3.05, 3.63) is 64.7 Å². The Bertz CT molecular complexity index is 689. The van der Waals surface area contributed by atoms with E-state index in [4.69, 9.17) is 16.3 Å². The number of hydrogen-bond donors (Lipinski definition) is 1. The Labute approximate surface area is 141 Å². The van der Waals surface area contributed by atoms with Gasteiger partial charge in [0.15, 0.2) is 6.10 Å². The second kappa shape index (κ2) is 7.05. The van der Waals surface area contributed by atoms with Gasteiger partial charge in [0.05, 0.1) is 0 Å². The summed E-state index contributed by atoms with van der Waals surface area (Å²) in [6.45, 7) is 6.21. The molecule has 122 valence electrons. The highest BCUT2D eigenvalue weighted by atomic mass is 35.5. The van der Waals surface area contributed by atoms with Gasteiger partial charge in [-0.05, 0) is 28.7 Å². The van der Waals surface area contributed by atoms with Gasteiger partial charge in [0.1, 0.15) is 5.75 Å².